The van der Waals surface area contributed by atoms with E-state index < -0.39 is 46.3 Å². The Hall–Kier alpha value is -4.30. The van der Waals surface area contributed by atoms with E-state index in [0.29, 0.717) is 5.56 Å². The lowest BCUT2D eigenvalue weighted by molar-refractivity contribution is -0.127. The van der Waals surface area contributed by atoms with Crippen molar-refractivity contribution in [2.45, 2.75) is 63.0 Å². The fourth-order valence-electron chi connectivity index (χ4n) is 4.68. The second kappa shape index (κ2) is 17.4. The minimum atomic E-state index is -4.09. The highest BCUT2D eigenvalue weighted by molar-refractivity contribution is 7.89. The molecule has 248 valence electrons. The molecule has 3 aromatic rings. The summed E-state index contributed by atoms with van der Waals surface area (Å²) in [6.45, 7) is 4.69. The van der Waals surface area contributed by atoms with Crippen LogP contribution >= 0.6 is 0 Å². The molecule has 4 atom stereocenters. The monoisotopic (exact) mass is 654 g/mol. The number of hydrogen-bond acceptors (Lipinski definition) is 9. The predicted molar refractivity (Wildman–Crippen MR) is 173 cm³/mol. The molecule has 0 saturated carbocycles. The summed E-state index contributed by atoms with van der Waals surface area (Å²) in [7, 11) is -4.09. The zero-order chi connectivity index (χ0) is 33.7. The van der Waals surface area contributed by atoms with E-state index in [1.54, 1.807) is 48.5 Å². The Morgan fingerprint density at radius 1 is 0.870 bits per heavy atom. The number of carbonyl (C=O) groups excluding carboxylic acids is 2. The van der Waals surface area contributed by atoms with Gasteiger partial charge in [-0.25, -0.2) is 13.2 Å². The molecule has 0 saturated heterocycles. The lowest BCUT2D eigenvalue weighted by Crippen LogP contribution is -2.58. The first-order valence-electron chi connectivity index (χ1n) is 14.9. The lowest BCUT2D eigenvalue weighted by atomic mass is 10.00. The molecule has 12 nitrogen and oxygen atoms in total. The number of nitrogens with zero attached hydrogens (tertiary/aromatic N) is 2. The van der Waals surface area contributed by atoms with Gasteiger partial charge in [0.15, 0.2) is 0 Å². The lowest BCUT2D eigenvalue weighted by Gasteiger charge is -2.32. The number of alkyl carbamates (subject to hydrolysis) is 1. The Labute approximate surface area is 269 Å². The number of hydrogen-bond donors (Lipinski definition) is 5. The molecule has 0 bridgehead atoms. The van der Waals surface area contributed by atoms with Gasteiger partial charge in [0, 0.05) is 13.1 Å². The predicted octanol–water partition coefficient (Wildman–Crippen LogP) is 2.91. The highest BCUT2D eigenvalue weighted by atomic mass is 32.2. The van der Waals surface area contributed by atoms with Gasteiger partial charge < -0.3 is 30.8 Å². The van der Waals surface area contributed by atoms with E-state index in [1.807, 2.05) is 26.0 Å². The molecule has 0 aliphatic carbocycles. The van der Waals surface area contributed by atoms with E-state index >= 15 is 0 Å². The molecule has 2 amide bonds. The maximum atomic E-state index is 13.7. The van der Waals surface area contributed by atoms with Crippen LogP contribution in [0.15, 0.2) is 95.0 Å². The summed E-state index contributed by atoms with van der Waals surface area (Å²) in [4.78, 5) is 26.0. The molecule has 0 unspecified atom stereocenters. The Bertz CT molecular complexity index is 1520. The highest BCUT2D eigenvalue weighted by Crippen LogP contribution is 2.20. The van der Waals surface area contributed by atoms with Crippen LogP contribution < -0.4 is 10.6 Å². The van der Waals surface area contributed by atoms with Crippen molar-refractivity contribution in [3.8, 4) is 0 Å². The van der Waals surface area contributed by atoms with Crippen molar-refractivity contribution in [1.29, 1.82) is 0 Å². The zero-order valence-electron chi connectivity index (χ0n) is 26.1. The summed E-state index contributed by atoms with van der Waals surface area (Å²) >= 11 is 0. The summed E-state index contributed by atoms with van der Waals surface area (Å²) in [6.07, 6.45) is -2.34. The molecule has 0 fully saturated rings. The number of carbonyl (C=O) groups is 2. The molecule has 13 heteroatoms. The molecular weight excluding hydrogens is 612 g/mol. The van der Waals surface area contributed by atoms with Crippen LogP contribution in [0, 0.1) is 5.92 Å². The Morgan fingerprint density at radius 3 is 2.00 bits per heavy atom. The largest absolute Gasteiger partial charge is 0.445 e. The first-order chi connectivity index (χ1) is 21.9. The fraction of sp³-hybridized carbons (Fsp3) is 0.364. The van der Waals surface area contributed by atoms with Crippen molar-refractivity contribution in [1.82, 2.24) is 14.9 Å². The van der Waals surface area contributed by atoms with Gasteiger partial charge >= 0.3 is 6.09 Å². The number of oxime groups is 1. The number of benzene rings is 3. The normalized spacial score (nSPS) is 14.5. The van der Waals surface area contributed by atoms with Gasteiger partial charge in [0.2, 0.25) is 15.9 Å². The Kier molecular flexibility index (Phi) is 13.7. The average molecular weight is 655 g/mol. The van der Waals surface area contributed by atoms with Crippen LogP contribution in [-0.4, -0.2) is 83.7 Å². The van der Waals surface area contributed by atoms with Crippen LogP contribution in [0.1, 0.15) is 37.5 Å². The number of aliphatic hydroxyl groups excluding tert-OH is 2. The number of sulfonamides is 1. The van der Waals surface area contributed by atoms with Gasteiger partial charge in [0.05, 0.1) is 29.4 Å². The van der Waals surface area contributed by atoms with Crippen molar-refractivity contribution in [2.75, 3.05) is 13.1 Å². The molecule has 5 N–H and O–H groups in total. The highest BCUT2D eigenvalue weighted by Gasteiger charge is 2.34. The van der Waals surface area contributed by atoms with E-state index in [4.69, 9.17) is 9.94 Å². The van der Waals surface area contributed by atoms with E-state index in [1.165, 1.54) is 37.4 Å². The molecule has 0 radical (unpaired) electrons. The van der Waals surface area contributed by atoms with Crippen LogP contribution in [0.3, 0.4) is 0 Å². The second-order valence-corrected chi connectivity index (χ2v) is 13.3. The van der Waals surface area contributed by atoms with Crippen molar-refractivity contribution in [3.63, 3.8) is 0 Å². The number of aliphatic hydroxyl groups is 2. The summed E-state index contributed by atoms with van der Waals surface area (Å²) in [5.41, 5.74) is 1.99. The molecule has 0 aliphatic rings. The van der Waals surface area contributed by atoms with Crippen LogP contribution in [0.25, 0.3) is 0 Å². The van der Waals surface area contributed by atoms with Gasteiger partial charge in [-0.1, -0.05) is 91.8 Å². The van der Waals surface area contributed by atoms with Crippen molar-refractivity contribution in [3.05, 3.63) is 102 Å². The van der Waals surface area contributed by atoms with Gasteiger partial charge in [-0.05, 0) is 48.1 Å². The summed E-state index contributed by atoms with van der Waals surface area (Å²) in [6, 6.07) is 21.3. The van der Waals surface area contributed by atoms with Crippen LogP contribution in [0.4, 0.5) is 4.79 Å². The van der Waals surface area contributed by atoms with Crippen molar-refractivity contribution >= 4 is 28.2 Å². The van der Waals surface area contributed by atoms with Gasteiger partial charge in [0.1, 0.15) is 12.6 Å². The van der Waals surface area contributed by atoms with Gasteiger partial charge in [-0.2, -0.15) is 4.31 Å². The fourth-order valence-corrected chi connectivity index (χ4v) is 6.30. The second-order valence-electron chi connectivity index (χ2n) is 11.3. The molecule has 0 aromatic heterocycles. The van der Waals surface area contributed by atoms with Crippen molar-refractivity contribution in [2.24, 2.45) is 11.1 Å². The van der Waals surface area contributed by atoms with E-state index in [0.717, 1.165) is 15.4 Å². The minimum Gasteiger partial charge on any atom is -0.445 e. The van der Waals surface area contributed by atoms with Crippen LogP contribution in [0.5, 0.6) is 0 Å². The zero-order valence-corrected chi connectivity index (χ0v) is 26.9. The SMILES string of the molecule is CC(C)CN(C[C@@H](O)[C@H](Cc1ccccc1)NC(=O)[C@@H](NC(=O)OCc1ccccc1)[C@@H](C)O)S(=O)(=O)c1ccc(/C=N/O)cc1. The van der Waals surface area contributed by atoms with Gasteiger partial charge in [0.25, 0.3) is 0 Å². The van der Waals surface area contributed by atoms with E-state index in [2.05, 4.69) is 15.8 Å². The maximum Gasteiger partial charge on any atom is 0.408 e. The van der Waals surface area contributed by atoms with Gasteiger partial charge in [-0.3, -0.25) is 4.79 Å². The third-order valence-electron chi connectivity index (χ3n) is 7.03. The molecule has 46 heavy (non-hydrogen) atoms. The smallest absolute Gasteiger partial charge is 0.408 e. The van der Waals surface area contributed by atoms with E-state index in [-0.39, 0.29) is 36.9 Å². The summed E-state index contributed by atoms with van der Waals surface area (Å²) < 4.78 is 33.8. The Morgan fingerprint density at radius 2 is 1.46 bits per heavy atom. The molecule has 3 rings (SSSR count). The average Bonchev–Trinajstić information content (AvgIpc) is 3.03. The number of ether oxygens (including phenoxy) is 1. The van der Waals surface area contributed by atoms with Crippen LogP contribution in [-0.2, 0) is 32.6 Å². The first-order valence-corrected chi connectivity index (χ1v) is 16.3. The molecule has 0 heterocycles. The molecular formula is C33H42N4O8S. The maximum absolute atomic E-state index is 13.7. The number of nitrogens with one attached hydrogen (secondary N) is 2. The minimum absolute atomic E-state index is 0.0218. The Balaban J connectivity index is 1.82. The molecule has 3 aromatic carbocycles. The number of amides is 2. The topological polar surface area (TPSA) is 178 Å². The number of rotatable bonds is 16. The third kappa shape index (κ3) is 10.9. The van der Waals surface area contributed by atoms with Crippen LogP contribution in [0.2, 0.25) is 0 Å². The van der Waals surface area contributed by atoms with Crippen molar-refractivity contribution < 1.29 is 38.2 Å². The standard InChI is InChI=1S/C33H42N4O8S/c1-23(2)20-37(46(43,44)28-16-14-26(15-17-28)19-34-42)21-30(39)29(18-25-10-6-4-7-11-25)35-32(40)31(24(3)38)36-33(41)45-22-27-12-8-5-9-13-27/h4-17,19,23-24,29-31,38-39,42H,18,20-22H2,1-3H3,(H,35,40)(H,36,41)/b34-19+/t24-,29+,30-,31+/m1/s1. The third-order valence-corrected chi connectivity index (χ3v) is 8.87. The molecule has 0 spiro atoms. The summed E-state index contributed by atoms with van der Waals surface area (Å²) in [5, 5.41) is 38.7. The molecule has 0 aliphatic heterocycles. The quantitative estimate of drug-likeness (QED) is 0.0889. The van der Waals surface area contributed by atoms with Gasteiger partial charge in [-0.15, -0.1) is 0 Å². The summed E-state index contributed by atoms with van der Waals surface area (Å²) in [5.74, 6) is -0.887. The first kappa shape index (κ1) is 36.2. The van der Waals surface area contributed by atoms with E-state index in [9.17, 15) is 28.2 Å².